The molecule has 0 aromatic rings. The summed E-state index contributed by atoms with van der Waals surface area (Å²) in [6, 6.07) is 0. The van der Waals surface area contributed by atoms with Crippen molar-refractivity contribution < 1.29 is 9.63 Å². The number of rotatable bonds is 8. The molecule has 12 heavy (non-hydrogen) atoms. The van der Waals surface area contributed by atoms with Crippen LogP contribution >= 0.6 is 0 Å². The van der Waals surface area contributed by atoms with Crippen LogP contribution in [0.1, 0.15) is 39.5 Å². The summed E-state index contributed by atoms with van der Waals surface area (Å²) in [6.45, 7) is 5.51. The maximum atomic E-state index is 9.76. The third-order valence-electron chi connectivity index (χ3n) is 1.86. The fourth-order valence-electron chi connectivity index (χ4n) is 1.07. The number of carbonyl (C=O) groups excluding carboxylic acids is 1. The molecule has 0 fully saturated rings. The molecule has 0 aliphatic carbocycles. The Kier molecular flexibility index (Phi) is 8.12. The van der Waals surface area contributed by atoms with Gasteiger partial charge in [-0.05, 0) is 12.3 Å². The van der Waals surface area contributed by atoms with Crippen LogP contribution in [-0.2, 0) is 9.63 Å². The zero-order valence-corrected chi connectivity index (χ0v) is 8.01. The van der Waals surface area contributed by atoms with Crippen LogP contribution in [0.5, 0.6) is 0 Å². The molecular formula is C9H19NO2. The summed E-state index contributed by atoms with van der Waals surface area (Å²) in [4.78, 5) is 14.1. The lowest BCUT2D eigenvalue weighted by Gasteiger charge is -2.09. The van der Waals surface area contributed by atoms with Gasteiger partial charge in [-0.15, -0.1) is 0 Å². The Morgan fingerprint density at radius 2 is 2.25 bits per heavy atom. The normalized spacial score (nSPS) is 12.5. The number of unbranched alkanes of at least 4 members (excludes halogenated alkanes) is 2. The number of hydrogen-bond acceptors (Lipinski definition) is 3. The number of hydrogen-bond donors (Lipinski definition) is 1. The Morgan fingerprint density at radius 3 is 2.83 bits per heavy atom. The highest BCUT2D eigenvalue weighted by atomic mass is 16.7. The van der Waals surface area contributed by atoms with E-state index in [1.54, 1.807) is 0 Å². The quantitative estimate of drug-likeness (QED) is 0.346. The van der Waals surface area contributed by atoms with E-state index >= 15 is 0 Å². The van der Waals surface area contributed by atoms with Gasteiger partial charge in [0.1, 0.15) is 0 Å². The zero-order chi connectivity index (χ0) is 9.23. The van der Waals surface area contributed by atoms with Crippen LogP contribution < -0.4 is 5.48 Å². The molecule has 0 aliphatic heterocycles. The Balaban J connectivity index is 3.09. The highest BCUT2D eigenvalue weighted by Gasteiger charge is 2.00. The highest BCUT2D eigenvalue weighted by Crippen LogP contribution is 2.07. The Hall–Kier alpha value is -0.570. The van der Waals surface area contributed by atoms with E-state index in [1.807, 2.05) is 0 Å². The molecule has 0 heterocycles. The van der Waals surface area contributed by atoms with Crippen LogP contribution in [0.4, 0.5) is 0 Å². The van der Waals surface area contributed by atoms with Gasteiger partial charge in [0.15, 0.2) is 0 Å². The van der Waals surface area contributed by atoms with Crippen molar-refractivity contribution >= 4 is 6.47 Å². The van der Waals surface area contributed by atoms with Crippen molar-refractivity contribution in [3.8, 4) is 0 Å². The second kappa shape index (κ2) is 8.53. The second-order valence-electron chi connectivity index (χ2n) is 3.16. The molecule has 0 bridgehead atoms. The van der Waals surface area contributed by atoms with Gasteiger partial charge in [-0.2, -0.15) is 5.48 Å². The molecule has 72 valence electrons. The molecule has 1 unspecified atom stereocenters. The van der Waals surface area contributed by atoms with Gasteiger partial charge in [-0.3, -0.25) is 4.79 Å². The van der Waals surface area contributed by atoms with Crippen molar-refractivity contribution in [3.63, 3.8) is 0 Å². The van der Waals surface area contributed by atoms with E-state index in [0.717, 1.165) is 6.54 Å². The lowest BCUT2D eigenvalue weighted by atomic mass is 10.0. The summed E-state index contributed by atoms with van der Waals surface area (Å²) in [5.74, 6) is 0.580. The molecule has 1 atom stereocenters. The van der Waals surface area contributed by atoms with Crippen LogP contribution in [-0.4, -0.2) is 13.0 Å². The maximum Gasteiger partial charge on any atom is 0.312 e. The summed E-state index contributed by atoms with van der Waals surface area (Å²) in [6.07, 6.45) is 5.01. The third-order valence-corrected chi connectivity index (χ3v) is 1.86. The topological polar surface area (TPSA) is 38.3 Å². The molecule has 0 saturated heterocycles. The monoisotopic (exact) mass is 173 g/mol. The summed E-state index contributed by atoms with van der Waals surface area (Å²) >= 11 is 0. The smallest absolute Gasteiger partial charge is 0.312 e. The fourth-order valence-corrected chi connectivity index (χ4v) is 1.07. The first-order valence-corrected chi connectivity index (χ1v) is 4.63. The molecule has 0 saturated carbocycles. The van der Waals surface area contributed by atoms with Gasteiger partial charge in [0.25, 0.3) is 0 Å². The van der Waals surface area contributed by atoms with Crippen molar-refractivity contribution in [2.75, 3.05) is 6.54 Å². The van der Waals surface area contributed by atoms with Crippen LogP contribution in [0.25, 0.3) is 0 Å². The molecular weight excluding hydrogens is 154 g/mol. The minimum Gasteiger partial charge on any atom is -0.374 e. The lowest BCUT2D eigenvalue weighted by molar-refractivity contribution is -0.135. The van der Waals surface area contributed by atoms with Crippen molar-refractivity contribution in [3.05, 3.63) is 0 Å². The fraction of sp³-hybridized carbons (Fsp3) is 0.889. The lowest BCUT2D eigenvalue weighted by Crippen LogP contribution is -2.20. The predicted molar refractivity (Wildman–Crippen MR) is 48.5 cm³/mol. The van der Waals surface area contributed by atoms with Gasteiger partial charge in [0.2, 0.25) is 0 Å². The summed E-state index contributed by atoms with van der Waals surface area (Å²) in [5.41, 5.74) is 2.59. The standard InChI is InChI=1S/C9H19NO2/c1-3-4-5-6-9(2)7-10-12-8-11/h8-10H,3-7H2,1-2H3. The number of nitrogens with one attached hydrogen (secondary N) is 1. The van der Waals surface area contributed by atoms with E-state index in [9.17, 15) is 4.79 Å². The van der Waals surface area contributed by atoms with Gasteiger partial charge < -0.3 is 4.84 Å². The number of carbonyl (C=O) groups is 1. The molecule has 0 spiro atoms. The SMILES string of the molecule is CCCCCC(C)CNOC=O. The van der Waals surface area contributed by atoms with Crippen LogP contribution in [0.3, 0.4) is 0 Å². The minimum atomic E-state index is 0.415. The molecule has 1 N–H and O–H groups in total. The molecule has 0 aliphatic rings. The highest BCUT2D eigenvalue weighted by molar-refractivity contribution is 5.36. The van der Waals surface area contributed by atoms with Gasteiger partial charge in [0, 0.05) is 6.54 Å². The minimum absolute atomic E-state index is 0.415. The first-order valence-electron chi connectivity index (χ1n) is 4.63. The van der Waals surface area contributed by atoms with Crippen LogP contribution in [0, 0.1) is 5.92 Å². The molecule has 3 heteroatoms. The van der Waals surface area contributed by atoms with Gasteiger partial charge >= 0.3 is 6.47 Å². The van der Waals surface area contributed by atoms with E-state index in [1.165, 1.54) is 25.7 Å². The molecule has 0 amide bonds. The summed E-state index contributed by atoms with van der Waals surface area (Å²) in [7, 11) is 0. The average Bonchev–Trinajstić information content (AvgIpc) is 2.06. The summed E-state index contributed by atoms with van der Waals surface area (Å²) in [5, 5.41) is 0. The van der Waals surface area contributed by atoms with E-state index in [0.29, 0.717) is 12.4 Å². The third kappa shape index (κ3) is 7.54. The predicted octanol–water partition coefficient (Wildman–Crippen LogP) is 1.88. The molecule has 0 rings (SSSR count). The largest absolute Gasteiger partial charge is 0.374 e. The van der Waals surface area contributed by atoms with Gasteiger partial charge in [-0.1, -0.05) is 33.1 Å². The van der Waals surface area contributed by atoms with Gasteiger partial charge in [0.05, 0.1) is 0 Å². The van der Waals surface area contributed by atoms with E-state index < -0.39 is 0 Å². The van der Waals surface area contributed by atoms with Crippen molar-refractivity contribution in [1.82, 2.24) is 5.48 Å². The van der Waals surface area contributed by atoms with E-state index in [4.69, 9.17) is 0 Å². The molecule has 3 nitrogen and oxygen atoms in total. The summed E-state index contributed by atoms with van der Waals surface area (Å²) < 4.78 is 0. The van der Waals surface area contributed by atoms with Crippen LogP contribution in [0.15, 0.2) is 0 Å². The Bertz CT molecular complexity index is 107. The van der Waals surface area contributed by atoms with Crippen molar-refractivity contribution in [2.45, 2.75) is 39.5 Å². The zero-order valence-electron chi connectivity index (χ0n) is 8.01. The van der Waals surface area contributed by atoms with Crippen LogP contribution in [0.2, 0.25) is 0 Å². The second-order valence-corrected chi connectivity index (χ2v) is 3.16. The molecule has 0 aromatic carbocycles. The Labute approximate surface area is 74.4 Å². The molecule has 0 aromatic heterocycles. The first-order chi connectivity index (χ1) is 5.81. The van der Waals surface area contributed by atoms with E-state index in [-0.39, 0.29) is 0 Å². The number of hydroxylamine groups is 1. The maximum absolute atomic E-state index is 9.76. The molecule has 0 radical (unpaired) electrons. The van der Waals surface area contributed by atoms with E-state index in [2.05, 4.69) is 24.2 Å². The Morgan fingerprint density at radius 1 is 1.50 bits per heavy atom. The van der Waals surface area contributed by atoms with Crippen molar-refractivity contribution in [1.29, 1.82) is 0 Å². The average molecular weight is 173 g/mol. The van der Waals surface area contributed by atoms with Crippen molar-refractivity contribution in [2.24, 2.45) is 5.92 Å². The van der Waals surface area contributed by atoms with Gasteiger partial charge in [-0.25, -0.2) is 0 Å². The first kappa shape index (κ1) is 11.4.